The topological polar surface area (TPSA) is 9.23 Å². The molecule has 1 fully saturated rings. The zero-order chi connectivity index (χ0) is 13.0. The lowest BCUT2D eigenvalue weighted by atomic mass is 9.84. The molecule has 100 valence electrons. The quantitative estimate of drug-likeness (QED) is 0.685. The predicted molar refractivity (Wildman–Crippen MR) is 77.8 cm³/mol. The fraction of sp³-hybridized carbons (Fsp3) is 0.600. The largest absolute Gasteiger partial charge is 0.380 e. The zero-order valence-corrected chi connectivity index (χ0v) is 12.3. The number of ether oxygens (including phenoxy) is 1. The Morgan fingerprint density at radius 2 is 2.00 bits per heavy atom. The van der Waals surface area contributed by atoms with Crippen molar-refractivity contribution in [2.75, 3.05) is 25.0 Å². The summed E-state index contributed by atoms with van der Waals surface area (Å²) in [6.07, 6.45) is 2.61. The molecule has 1 saturated carbocycles. The van der Waals surface area contributed by atoms with E-state index in [1.165, 1.54) is 24.0 Å². The van der Waals surface area contributed by atoms with Crippen molar-refractivity contribution in [2.45, 2.75) is 25.2 Å². The maximum absolute atomic E-state index is 6.18. The summed E-state index contributed by atoms with van der Waals surface area (Å²) in [5, 5.41) is 0. The van der Waals surface area contributed by atoms with Crippen LogP contribution in [0, 0.1) is 12.8 Å². The van der Waals surface area contributed by atoms with Gasteiger partial charge < -0.3 is 4.74 Å². The van der Waals surface area contributed by atoms with Gasteiger partial charge in [-0.05, 0) is 31.2 Å². The van der Waals surface area contributed by atoms with Gasteiger partial charge in [0.1, 0.15) is 0 Å². The SMILES string of the molecule is Cc1cccc(C(CCl)(CCl)COCC2CC2)c1. The van der Waals surface area contributed by atoms with Crippen molar-refractivity contribution in [3.8, 4) is 0 Å². The van der Waals surface area contributed by atoms with Crippen LogP contribution in [0.5, 0.6) is 0 Å². The summed E-state index contributed by atoms with van der Waals surface area (Å²) in [6.45, 7) is 3.54. The Bertz CT molecular complexity index is 384. The van der Waals surface area contributed by atoms with E-state index >= 15 is 0 Å². The highest BCUT2D eigenvalue weighted by Gasteiger charge is 2.32. The number of halogens is 2. The first-order chi connectivity index (χ1) is 8.70. The first kappa shape index (κ1) is 14.2. The summed E-state index contributed by atoms with van der Waals surface area (Å²) in [6, 6.07) is 8.39. The second kappa shape index (κ2) is 6.27. The van der Waals surface area contributed by atoms with Crippen LogP contribution >= 0.6 is 23.2 Å². The van der Waals surface area contributed by atoms with Crippen LogP contribution in [0.2, 0.25) is 0 Å². The molecule has 1 aliphatic rings. The maximum atomic E-state index is 6.18. The summed E-state index contributed by atoms with van der Waals surface area (Å²) < 4.78 is 5.83. The average molecular weight is 287 g/mol. The van der Waals surface area contributed by atoms with Gasteiger partial charge in [0, 0.05) is 23.8 Å². The van der Waals surface area contributed by atoms with Crippen molar-refractivity contribution < 1.29 is 4.74 Å². The van der Waals surface area contributed by atoms with Crippen LogP contribution in [0.1, 0.15) is 24.0 Å². The van der Waals surface area contributed by atoms with Crippen LogP contribution in [-0.4, -0.2) is 25.0 Å². The van der Waals surface area contributed by atoms with Crippen molar-refractivity contribution in [2.24, 2.45) is 5.92 Å². The molecular formula is C15H20Cl2O. The third-order valence-electron chi connectivity index (χ3n) is 3.57. The molecule has 0 atom stereocenters. The van der Waals surface area contributed by atoms with Crippen LogP contribution in [0.3, 0.4) is 0 Å². The smallest absolute Gasteiger partial charge is 0.0586 e. The van der Waals surface area contributed by atoms with Crippen molar-refractivity contribution in [3.05, 3.63) is 35.4 Å². The standard InChI is InChI=1S/C15H20Cl2O/c1-12-3-2-4-14(7-12)15(9-16,10-17)11-18-8-13-5-6-13/h2-4,7,13H,5-6,8-11H2,1H3. The molecule has 0 amide bonds. The maximum Gasteiger partial charge on any atom is 0.0586 e. The molecule has 0 heterocycles. The van der Waals surface area contributed by atoms with Crippen LogP contribution in [-0.2, 0) is 10.2 Å². The van der Waals surface area contributed by atoms with Crippen LogP contribution in [0.4, 0.5) is 0 Å². The lowest BCUT2D eigenvalue weighted by Gasteiger charge is -2.30. The molecule has 1 aliphatic carbocycles. The first-order valence-electron chi connectivity index (χ1n) is 6.47. The van der Waals surface area contributed by atoms with Gasteiger partial charge in [-0.2, -0.15) is 0 Å². The third kappa shape index (κ3) is 3.40. The summed E-state index contributed by atoms with van der Waals surface area (Å²) in [5.41, 5.74) is 2.15. The molecule has 0 bridgehead atoms. The van der Waals surface area contributed by atoms with E-state index in [4.69, 9.17) is 27.9 Å². The number of benzene rings is 1. The van der Waals surface area contributed by atoms with E-state index in [9.17, 15) is 0 Å². The van der Waals surface area contributed by atoms with Crippen LogP contribution in [0.25, 0.3) is 0 Å². The van der Waals surface area contributed by atoms with Gasteiger partial charge in [0.2, 0.25) is 0 Å². The summed E-state index contributed by atoms with van der Waals surface area (Å²) in [7, 11) is 0. The molecule has 1 aromatic rings. The van der Waals surface area contributed by atoms with E-state index in [1.807, 2.05) is 0 Å². The molecule has 1 aromatic carbocycles. The molecule has 2 rings (SSSR count). The fourth-order valence-electron chi connectivity index (χ4n) is 2.03. The molecule has 18 heavy (non-hydrogen) atoms. The minimum absolute atomic E-state index is 0.260. The predicted octanol–water partition coefficient (Wildman–Crippen LogP) is 4.14. The van der Waals surface area contributed by atoms with Crippen molar-refractivity contribution in [1.82, 2.24) is 0 Å². The number of hydrogen-bond acceptors (Lipinski definition) is 1. The molecule has 0 N–H and O–H groups in total. The van der Waals surface area contributed by atoms with Crippen LogP contribution < -0.4 is 0 Å². The minimum Gasteiger partial charge on any atom is -0.380 e. The molecule has 0 aliphatic heterocycles. The van der Waals surface area contributed by atoms with E-state index in [0.29, 0.717) is 18.4 Å². The molecule has 3 heteroatoms. The molecule has 1 nitrogen and oxygen atoms in total. The Hall–Kier alpha value is -0.240. The summed E-state index contributed by atoms with van der Waals surface area (Å²) in [4.78, 5) is 0. The lowest BCUT2D eigenvalue weighted by Crippen LogP contribution is -2.36. The van der Waals surface area contributed by atoms with E-state index in [1.54, 1.807) is 0 Å². The minimum atomic E-state index is -0.260. The highest BCUT2D eigenvalue weighted by Crippen LogP contribution is 2.32. The normalized spacial score (nSPS) is 15.9. The highest BCUT2D eigenvalue weighted by atomic mass is 35.5. The first-order valence-corrected chi connectivity index (χ1v) is 7.54. The molecule has 0 spiro atoms. The Morgan fingerprint density at radius 1 is 1.28 bits per heavy atom. The Kier molecular flexibility index (Phi) is 4.94. The number of rotatable bonds is 7. The van der Waals surface area contributed by atoms with E-state index in [0.717, 1.165) is 12.5 Å². The van der Waals surface area contributed by atoms with Crippen molar-refractivity contribution in [3.63, 3.8) is 0 Å². The molecule has 0 saturated heterocycles. The monoisotopic (exact) mass is 286 g/mol. The zero-order valence-electron chi connectivity index (χ0n) is 10.8. The van der Waals surface area contributed by atoms with E-state index in [2.05, 4.69) is 31.2 Å². The van der Waals surface area contributed by atoms with Crippen molar-refractivity contribution in [1.29, 1.82) is 0 Å². The summed E-state index contributed by atoms with van der Waals surface area (Å²) in [5.74, 6) is 1.75. The molecule has 0 aromatic heterocycles. The van der Waals surface area contributed by atoms with Gasteiger partial charge in [-0.1, -0.05) is 29.8 Å². The Balaban J connectivity index is 2.08. The molecule has 0 unspecified atom stereocenters. The Labute approximate surface area is 119 Å². The fourth-order valence-corrected chi connectivity index (χ4v) is 2.78. The highest BCUT2D eigenvalue weighted by molar-refractivity contribution is 6.22. The van der Waals surface area contributed by atoms with Gasteiger partial charge in [-0.15, -0.1) is 23.2 Å². The number of hydrogen-bond donors (Lipinski definition) is 0. The lowest BCUT2D eigenvalue weighted by molar-refractivity contribution is 0.0889. The van der Waals surface area contributed by atoms with E-state index in [-0.39, 0.29) is 5.41 Å². The van der Waals surface area contributed by atoms with Crippen molar-refractivity contribution >= 4 is 23.2 Å². The summed E-state index contributed by atoms with van der Waals surface area (Å²) >= 11 is 12.4. The van der Waals surface area contributed by atoms with Gasteiger partial charge in [0.25, 0.3) is 0 Å². The van der Waals surface area contributed by atoms with Gasteiger partial charge in [-0.25, -0.2) is 0 Å². The van der Waals surface area contributed by atoms with Crippen LogP contribution in [0.15, 0.2) is 24.3 Å². The second-order valence-corrected chi connectivity index (χ2v) is 5.91. The van der Waals surface area contributed by atoms with E-state index < -0.39 is 0 Å². The average Bonchev–Trinajstić information content (AvgIpc) is 3.19. The Morgan fingerprint density at radius 3 is 2.56 bits per heavy atom. The molecule has 0 radical (unpaired) electrons. The van der Waals surface area contributed by atoms with Gasteiger partial charge >= 0.3 is 0 Å². The second-order valence-electron chi connectivity index (χ2n) is 5.38. The number of alkyl halides is 2. The van der Waals surface area contributed by atoms with Gasteiger partial charge in [0.05, 0.1) is 6.61 Å². The third-order valence-corrected chi connectivity index (χ3v) is 4.59. The molecular weight excluding hydrogens is 267 g/mol. The van der Waals surface area contributed by atoms with Gasteiger partial charge in [-0.3, -0.25) is 0 Å². The van der Waals surface area contributed by atoms with Gasteiger partial charge in [0.15, 0.2) is 0 Å². The number of aryl methyl sites for hydroxylation is 1.